The van der Waals surface area contributed by atoms with Crippen molar-refractivity contribution in [3.63, 3.8) is 0 Å². The molecule has 0 saturated carbocycles. The standard InChI is InChI=1S/C26H26F3N3O5/c1-16(2)22(31-25(34)35-15-19-7-5-4-6-8-19)23(36-17(3)33)24-30-21(37-32-24)14-11-18-9-12-20(13-10-18)26(27,28)29/h4-14,16,22-23H,15H2,1-3H3,(H,31,34)/t22-,23?/m0/s1. The molecule has 0 radical (unpaired) electrons. The Morgan fingerprint density at radius 3 is 2.32 bits per heavy atom. The molecule has 1 amide bonds. The fourth-order valence-electron chi connectivity index (χ4n) is 3.34. The minimum atomic E-state index is -4.43. The molecule has 1 heterocycles. The Bertz CT molecular complexity index is 1210. The molecule has 0 aliphatic rings. The van der Waals surface area contributed by atoms with Gasteiger partial charge in [0.05, 0.1) is 11.6 Å². The van der Waals surface area contributed by atoms with Gasteiger partial charge in [-0.15, -0.1) is 0 Å². The highest BCUT2D eigenvalue weighted by atomic mass is 19.4. The molecule has 3 rings (SSSR count). The highest BCUT2D eigenvalue weighted by molar-refractivity contribution is 5.69. The van der Waals surface area contributed by atoms with Crippen LogP contribution in [0.2, 0.25) is 0 Å². The fourth-order valence-corrected chi connectivity index (χ4v) is 3.34. The SMILES string of the molecule is CC(=O)OC(c1noc(C=Cc2ccc(C(F)(F)F)cc2)n1)[C@@H](NC(=O)OCc1ccccc1)C(C)C. The van der Waals surface area contributed by atoms with Crippen LogP contribution < -0.4 is 5.32 Å². The normalized spacial score (nSPS) is 13.4. The maximum atomic E-state index is 12.7. The minimum Gasteiger partial charge on any atom is -0.452 e. The summed E-state index contributed by atoms with van der Waals surface area (Å²) < 4.78 is 54.1. The van der Waals surface area contributed by atoms with Crippen LogP contribution in [0.3, 0.4) is 0 Å². The molecule has 1 unspecified atom stereocenters. The van der Waals surface area contributed by atoms with E-state index in [1.807, 2.05) is 44.2 Å². The highest BCUT2D eigenvalue weighted by Gasteiger charge is 2.34. The van der Waals surface area contributed by atoms with E-state index in [-0.39, 0.29) is 24.2 Å². The number of carbonyl (C=O) groups excluding carboxylic acids is 2. The van der Waals surface area contributed by atoms with Gasteiger partial charge in [0.25, 0.3) is 5.89 Å². The summed E-state index contributed by atoms with van der Waals surface area (Å²) in [6.45, 7) is 4.88. The second-order valence-electron chi connectivity index (χ2n) is 8.45. The number of halogens is 3. The van der Waals surface area contributed by atoms with Crippen molar-refractivity contribution in [2.75, 3.05) is 0 Å². The topological polar surface area (TPSA) is 104 Å². The molecule has 2 atom stereocenters. The van der Waals surface area contributed by atoms with Crippen molar-refractivity contribution in [3.05, 3.63) is 83.0 Å². The third kappa shape index (κ3) is 8.19. The number of ether oxygens (including phenoxy) is 2. The number of nitrogens with zero attached hydrogens (tertiary/aromatic N) is 2. The van der Waals surface area contributed by atoms with E-state index in [2.05, 4.69) is 15.5 Å². The molecule has 0 fully saturated rings. The molecule has 0 bridgehead atoms. The third-order valence-electron chi connectivity index (χ3n) is 5.20. The number of amides is 1. The number of hydrogen-bond acceptors (Lipinski definition) is 7. The van der Waals surface area contributed by atoms with Crippen LogP contribution in [-0.4, -0.2) is 28.2 Å². The summed E-state index contributed by atoms with van der Waals surface area (Å²) in [5, 5.41) is 6.58. The first-order valence-electron chi connectivity index (χ1n) is 11.4. The number of rotatable bonds is 9. The first-order valence-corrected chi connectivity index (χ1v) is 11.4. The molecule has 1 N–H and O–H groups in total. The summed E-state index contributed by atoms with van der Waals surface area (Å²) in [6, 6.07) is 12.9. The lowest BCUT2D eigenvalue weighted by atomic mass is 9.98. The Kier molecular flexibility index (Phi) is 9.05. The second-order valence-corrected chi connectivity index (χ2v) is 8.45. The molecule has 2 aromatic carbocycles. The van der Waals surface area contributed by atoms with Crippen LogP contribution >= 0.6 is 0 Å². The lowest BCUT2D eigenvalue weighted by Gasteiger charge is -2.28. The number of esters is 1. The van der Waals surface area contributed by atoms with Gasteiger partial charge in [0.1, 0.15) is 6.61 Å². The van der Waals surface area contributed by atoms with Gasteiger partial charge in [0, 0.05) is 13.0 Å². The number of hydrogen-bond donors (Lipinski definition) is 1. The van der Waals surface area contributed by atoms with E-state index in [1.165, 1.54) is 31.2 Å². The van der Waals surface area contributed by atoms with Crippen LogP contribution in [0, 0.1) is 5.92 Å². The molecular formula is C26H26F3N3O5. The molecule has 0 aliphatic heterocycles. The van der Waals surface area contributed by atoms with Gasteiger partial charge in [0.2, 0.25) is 5.82 Å². The van der Waals surface area contributed by atoms with E-state index in [9.17, 15) is 22.8 Å². The molecular weight excluding hydrogens is 491 g/mol. The van der Waals surface area contributed by atoms with Crippen LogP contribution in [0.5, 0.6) is 0 Å². The molecule has 1 aromatic heterocycles. The Balaban J connectivity index is 1.73. The van der Waals surface area contributed by atoms with Crippen molar-refractivity contribution >= 4 is 24.2 Å². The fraction of sp³-hybridized carbons (Fsp3) is 0.308. The van der Waals surface area contributed by atoms with E-state index in [0.717, 1.165) is 17.7 Å². The Hall–Kier alpha value is -4.15. The van der Waals surface area contributed by atoms with Crippen molar-refractivity contribution in [2.45, 2.75) is 45.7 Å². The Labute approximate surface area is 211 Å². The third-order valence-corrected chi connectivity index (χ3v) is 5.20. The van der Waals surface area contributed by atoms with Gasteiger partial charge in [0.15, 0.2) is 6.10 Å². The first-order chi connectivity index (χ1) is 17.5. The first kappa shape index (κ1) is 27.4. The van der Waals surface area contributed by atoms with Gasteiger partial charge < -0.3 is 19.3 Å². The Morgan fingerprint density at radius 2 is 1.73 bits per heavy atom. The van der Waals surface area contributed by atoms with Crippen molar-refractivity contribution in [1.82, 2.24) is 15.5 Å². The van der Waals surface area contributed by atoms with E-state index in [4.69, 9.17) is 14.0 Å². The smallest absolute Gasteiger partial charge is 0.416 e. The summed E-state index contributed by atoms with van der Waals surface area (Å²) in [5.41, 5.74) is 0.522. The van der Waals surface area contributed by atoms with Gasteiger partial charge in [-0.1, -0.05) is 61.5 Å². The minimum absolute atomic E-state index is 0.00401. The van der Waals surface area contributed by atoms with Gasteiger partial charge >= 0.3 is 18.2 Å². The number of aromatic nitrogens is 2. The zero-order chi connectivity index (χ0) is 27.0. The average Bonchev–Trinajstić information content (AvgIpc) is 3.32. The van der Waals surface area contributed by atoms with Crippen molar-refractivity contribution < 1.29 is 36.8 Å². The molecule has 3 aromatic rings. The molecule has 0 aliphatic carbocycles. The summed E-state index contributed by atoms with van der Waals surface area (Å²) in [7, 11) is 0. The van der Waals surface area contributed by atoms with Gasteiger partial charge in [-0.05, 0) is 35.3 Å². The molecule has 196 valence electrons. The summed E-state index contributed by atoms with van der Waals surface area (Å²) >= 11 is 0. The molecule has 0 spiro atoms. The molecule has 11 heteroatoms. The zero-order valence-electron chi connectivity index (χ0n) is 20.4. The van der Waals surface area contributed by atoms with Crippen molar-refractivity contribution in [2.24, 2.45) is 5.92 Å². The van der Waals surface area contributed by atoms with E-state index < -0.39 is 35.9 Å². The lowest BCUT2D eigenvalue weighted by molar-refractivity contribution is -0.149. The van der Waals surface area contributed by atoms with E-state index in [0.29, 0.717) is 5.56 Å². The van der Waals surface area contributed by atoms with Crippen LogP contribution in [0.4, 0.5) is 18.0 Å². The van der Waals surface area contributed by atoms with Crippen LogP contribution in [-0.2, 0) is 27.1 Å². The zero-order valence-corrected chi connectivity index (χ0v) is 20.4. The lowest BCUT2D eigenvalue weighted by Crippen LogP contribution is -2.44. The molecule has 0 saturated heterocycles. The predicted molar refractivity (Wildman–Crippen MR) is 128 cm³/mol. The summed E-state index contributed by atoms with van der Waals surface area (Å²) in [5.74, 6) is -0.814. The maximum Gasteiger partial charge on any atom is 0.416 e. The Morgan fingerprint density at radius 1 is 1.05 bits per heavy atom. The number of alkyl halides is 3. The predicted octanol–water partition coefficient (Wildman–Crippen LogP) is 5.81. The largest absolute Gasteiger partial charge is 0.452 e. The van der Waals surface area contributed by atoms with E-state index >= 15 is 0 Å². The van der Waals surface area contributed by atoms with Gasteiger partial charge in [-0.2, -0.15) is 18.2 Å². The molecule has 8 nitrogen and oxygen atoms in total. The number of alkyl carbamates (subject to hydrolysis) is 1. The summed E-state index contributed by atoms with van der Waals surface area (Å²) in [6.07, 6.45) is -3.32. The van der Waals surface area contributed by atoms with Crippen molar-refractivity contribution in [1.29, 1.82) is 0 Å². The monoisotopic (exact) mass is 517 g/mol. The van der Waals surface area contributed by atoms with Crippen LogP contribution in [0.25, 0.3) is 12.2 Å². The average molecular weight is 518 g/mol. The summed E-state index contributed by atoms with van der Waals surface area (Å²) in [4.78, 5) is 28.5. The van der Waals surface area contributed by atoms with Crippen LogP contribution in [0.1, 0.15) is 55.3 Å². The van der Waals surface area contributed by atoms with Gasteiger partial charge in [-0.3, -0.25) is 4.79 Å². The highest BCUT2D eigenvalue weighted by Crippen LogP contribution is 2.29. The quantitative estimate of drug-likeness (QED) is 0.357. The maximum absolute atomic E-state index is 12.7. The van der Waals surface area contributed by atoms with Crippen LogP contribution in [0.15, 0.2) is 59.1 Å². The number of benzene rings is 2. The number of nitrogens with one attached hydrogen (secondary N) is 1. The van der Waals surface area contributed by atoms with Crippen molar-refractivity contribution in [3.8, 4) is 0 Å². The van der Waals surface area contributed by atoms with Gasteiger partial charge in [-0.25, -0.2) is 4.79 Å². The number of carbonyl (C=O) groups is 2. The molecule has 37 heavy (non-hydrogen) atoms. The van der Waals surface area contributed by atoms with E-state index in [1.54, 1.807) is 0 Å². The second kappa shape index (κ2) is 12.2.